The molecule has 0 saturated carbocycles. The third-order valence-corrected chi connectivity index (χ3v) is 6.26. The molecule has 1 saturated heterocycles. The van der Waals surface area contributed by atoms with Crippen LogP contribution in [0, 0.1) is 0 Å². The lowest BCUT2D eigenvalue weighted by Crippen LogP contribution is -2.45. The Bertz CT molecular complexity index is 980. The predicted octanol–water partition coefficient (Wildman–Crippen LogP) is 5.04. The minimum Gasteiger partial charge on any atom is -0.493 e. The Hall–Kier alpha value is -2.54. The molecule has 4 rings (SSSR count). The van der Waals surface area contributed by atoms with Gasteiger partial charge in [0.05, 0.1) is 20.3 Å². The lowest BCUT2D eigenvalue weighted by Gasteiger charge is -2.36. The second kappa shape index (κ2) is 10.9. The number of nitrogens with zero attached hydrogens (tertiary/aromatic N) is 1. The van der Waals surface area contributed by atoms with Gasteiger partial charge in [-0.2, -0.15) is 0 Å². The Kier molecular flexibility index (Phi) is 7.68. The molecule has 0 radical (unpaired) electrons. The summed E-state index contributed by atoms with van der Waals surface area (Å²) in [6.07, 6.45) is 0. The summed E-state index contributed by atoms with van der Waals surface area (Å²) in [6.45, 7) is 4.33. The highest BCUT2D eigenvalue weighted by Gasteiger charge is 2.27. The molecule has 168 valence electrons. The van der Waals surface area contributed by atoms with E-state index in [4.69, 9.17) is 14.2 Å². The molecule has 1 unspecified atom stereocenters. The molecule has 32 heavy (non-hydrogen) atoms. The van der Waals surface area contributed by atoms with E-state index in [1.165, 1.54) is 5.56 Å². The number of halogens is 1. The van der Waals surface area contributed by atoms with E-state index in [9.17, 15) is 0 Å². The highest BCUT2D eigenvalue weighted by Crippen LogP contribution is 2.43. The molecule has 0 bridgehead atoms. The third-order valence-electron chi connectivity index (χ3n) is 5.73. The van der Waals surface area contributed by atoms with Gasteiger partial charge < -0.3 is 19.5 Å². The van der Waals surface area contributed by atoms with Crippen LogP contribution in [0.15, 0.2) is 71.2 Å². The van der Waals surface area contributed by atoms with E-state index in [0.29, 0.717) is 23.9 Å². The van der Waals surface area contributed by atoms with E-state index >= 15 is 0 Å². The largest absolute Gasteiger partial charge is 0.493 e. The van der Waals surface area contributed by atoms with Crippen molar-refractivity contribution in [1.82, 2.24) is 10.2 Å². The average molecular weight is 497 g/mol. The van der Waals surface area contributed by atoms with Gasteiger partial charge in [0, 0.05) is 30.7 Å². The second-order valence-electron chi connectivity index (χ2n) is 7.77. The van der Waals surface area contributed by atoms with Crippen LogP contribution in [0.5, 0.6) is 17.2 Å². The summed E-state index contributed by atoms with van der Waals surface area (Å²) < 4.78 is 18.8. The highest BCUT2D eigenvalue weighted by atomic mass is 79.9. The van der Waals surface area contributed by atoms with Gasteiger partial charge in [-0.25, -0.2) is 0 Å². The summed E-state index contributed by atoms with van der Waals surface area (Å²) >= 11 is 3.56. The molecule has 1 fully saturated rings. The van der Waals surface area contributed by atoms with Gasteiger partial charge in [0.1, 0.15) is 6.61 Å². The SMILES string of the molecule is COc1cc(C(c2ccc(Br)cc2)N2CCNCC2)cc(OC)c1OCc1ccccc1. The molecular weight excluding hydrogens is 468 g/mol. The van der Waals surface area contributed by atoms with Crippen LogP contribution in [0.4, 0.5) is 0 Å². The summed E-state index contributed by atoms with van der Waals surface area (Å²) in [5, 5.41) is 3.45. The normalized spacial score (nSPS) is 15.2. The first-order valence-electron chi connectivity index (χ1n) is 10.8. The fraction of sp³-hybridized carbons (Fsp3) is 0.308. The van der Waals surface area contributed by atoms with Crippen LogP contribution < -0.4 is 19.5 Å². The molecule has 1 aliphatic rings. The molecule has 3 aromatic carbocycles. The molecule has 5 nitrogen and oxygen atoms in total. The van der Waals surface area contributed by atoms with Crippen molar-refractivity contribution in [1.29, 1.82) is 0 Å². The fourth-order valence-electron chi connectivity index (χ4n) is 4.13. The first kappa shape index (κ1) is 22.6. The van der Waals surface area contributed by atoms with Gasteiger partial charge >= 0.3 is 0 Å². The second-order valence-corrected chi connectivity index (χ2v) is 8.68. The Morgan fingerprint density at radius 3 is 2.09 bits per heavy atom. The van der Waals surface area contributed by atoms with Crippen LogP contribution in [0.25, 0.3) is 0 Å². The van der Waals surface area contributed by atoms with Crippen molar-refractivity contribution in [3.05, 3.63) is 87.9 Å². The molecule has 1 aliphatic heterocycles. The quantitative estimate of drug-likeness (QED) is 0.473. The number of methoxy groups -OCH3 is 2. The first-order valence-corrected chi connectivity index (χ1v) is 11.6. The van der Waals surface area contributed by atoms with Crippen LogP contribution in [-0.4, -0.2) is 45.3 Å². The van der Waals surface area contributed by atoms with Crippen molar-refractivity contribution in [2.24, 2.45) is 0 Å². The van der Waals surface area contributed by atoms with Crippen LogP contribution in [0.2, 0.25) is 0 Å². The lowest BCUT2D eigenvalue weighted by molar-refractivity contribution is 0.197. The standard InChI is InChI=1S/C26H29BrN2O3/c1-30-23-16-21(17-24(31-2)26(23)32-18-19-6-4-3-5-7-19)25(29-14-12-28-13-15-29)20-8-10-22(27)11-9-20/h3-11,16-17,25,28H,12-15,18H2,1-2H3. The van der Waals surface area contributed by atoms with Crippen molar-refractivity contribution in [2.45, 2.75) is 12.6 Å². The number of piperazine rings is 1. The topological polar surface area (TPSA) is 43.0 Å². The van der Waals surface area contributed by atoms with Crippen LogP contribution in [0.3, 0.4) is 0 Å². The molecule has 3 aromatic rings. The summed E-state index contributed by atoms with van der Waals surface area (Å²) in [6, 6.07) is 22.9. The van der Waals surface area contributed by atoms with Gasteiger partial charge in [-0.1, -0.05) is 58.4 Å². The number of hydrogen-bond acceptors (Lipinski definition) is 5. The van der Waals surface area contributed by atoms with Gasteiger partial charge in [0.2, 0.25) is 5.75 Å². The van der Waals surface area contributed by atoms with Crippen molar-refractivity contribution in [3.63, 3.8) is 0 Å². The van der Waals surface area contributed by atoms with E-state index < -0.39 is 0 Å². The smallest absolute Gasteiger partial charge is 0.203 e. The van der Waals surface area contributed by atoms with Crippen LogP contribution in [0.1, 0.15) is 22.7 Å². The average Bonchev–Trinajstić information content (AvgIpc) is 2.85. The van der Waals surface area contributed by atoms with Crippen molar-refractivity contribution >= 4 is 15.9 Å². The number of ether oxygens (including phenoxy) is 3. The van der Waals surface area contributed by atoms with Gasteiger partial charge in [-0.15, -0.1) is 0 Å². The van der Waals surface area contributed by atoms with E-state index in [2.05, 4.69) is 62.5 Å². The fourth-order valence-corrected chi connectivity index (χ4v) is 4.39. The Morgan fingerprint density at radius 2 is 1.50 bits per heavy atom. The number of benzene rings is 3. The Balaban J connectivity index is 1.71. The zero-order chi connectivity index (χ0) is 22.3. The maximum absolute atomic E-state index is 6.16. The molecule has 0 spiro atoms. The number of hydrogen-bond donors (Lipinski definition) is 1. The maximum Gasteiger partial charge on any atom is 0.203 e. The highest BCUT2D eigenvalue weighted by molar-refractivity contribution is 9.10. The lowest BCUT2D eigenvalue weighted by atomic mass is 9.95. The molecule has 0 aromatic heterocycles. The van der Waals surface area contributed by atoms with E-state index in [1.54, 1.807) is 14.2 Å². The summed E-state index contributed by atoms with van der Waals surface area (Å²) in [5.74, 6) is 1.97. The summed E-state index contributed by atoms with van der Waals surface area (Å²) in [7, 11) is 3.35. The molecular formula is C26H29BrN2O3. The van der Waals surface area contributed by atoms with Crippen molar-refractivity contribution in [2.75, 3.05) is 40.4 Å². The van der Waals surface area contributed by atoms with Gasteiger partial charge in [0.15, 0.2) is 11.5 Å². The molecule has 0 aliphatic carbocycles. The van der Waals surface area contributed by atoms with Gasteiger partial charge in [-0.3, -0.25) is 4.90 Å². The van der Waals surface area contributed by atoms with Crippen molar-refractivity contribution in [3.8, 4) is 17.2 Å². The van der Waals surface area contributed by atoms with Gasteiger partial charge in [0.25, 0.3) is 0 Å². The third kappa shape index (κ3) is 5.26. The van der Waals surface area contributed by atoms with Crippen molar-refractivity contribution < 1.29 is 14.2 Å². The first-order chi connectivity index (χ1) is 15.7. The minimum absolute atomic E-state index is 0.0937. The Morgan fingerprint density at radius 1 is 0.875 bits per heavy atom. The van der Waals surface area contributed by atoms with E-state index in [0.717, 1.165) is 41.8 Å². The summed E-state index contributed by atoms with van der Waals surface area (Å²) in [4.78, 5) is 2.50. The van der Waals surface area contributed by atoms with Crippen LogP contribution >= 0.6 is 15.9 Å². The number of rotatable bonds is 8. The summed E-state index contributed by atoms with van der Waals surface area (Å²) in [5.41, 5.74) is 3.45. The maximum atomic E-state index is 6.16. The zero-order valence-corrected chi connectivity index (χ0v) is 20.1. The molecule has 0 amide bonds. The monoisotopic (exact) mass is 496 g/mol. The molecule has 1 heterocycles. The van der Waals surface area contributed by atoms with E-state index in [1.807, 2.05) is 30.3 Å². The molecule has 6 heteroatoms. The minimum atomic E-state index is 0.0937. The Labute approximate surface area is 198 Å². The van der Waals surface area contributed by atoms with E-state index in [-0.39, 0.29) is 6.04 Å². The number of nitrogens with one attached hydrogen (secondary N) is 1. The molecule has 1 atom stereocenters. The molecule has 1 N–H and O–H groups in total. The van der Waals surface area contributed by atoms with Crippen LogP contribution in [-0.2, 0) is 6.61 Å². The predicted molar refractivity (Wildman–Crippen MR) is 131 cm³/mol. The zero-order valence-electron chi connectivity index (χ0n) is 18.5. The van der Waals surface area contributed by atoms with Gasteiger partial charge in [-0.05, 0) is 41.0 Å².